The summed E-state index contributed by atoms with van der Waals surface area (Å²) in [7, 11) is 1.68. The lowest BCUT2D eigenvalue weighted by atomic mass is 10.1. The number of benzene rings is 1. The highest BCUT2D eigenvalue weighted by Crippen LogP contribution is 2.23. The van der Waals surface area contributed by atoms with Gasteiger partial charge in [-0.2, -0.15) is 0 Å². The zero-order valence-corrected chi connectivity index (χ0v) is 11.3. The number of rotatable bonds is 4. The summed E-state index contributed by atoms with van der Waals surface area (Å²) in [6, 6.07) is 4.63. The fourth-order valence-electron chi connectivity index (χ4n) is 0.969. The highest BCUT2D eigenvalue weighted by molar-refractivity contribution is 9.10. The van der Waals surface area contributed by atoms with E-state index in [0.717, 1.165) is 6.61 Å². The molecule has 1 rings (SSSR count). The van der Waals surface area contributed by atoms with Crippen LogP contribution in [0.4, 0.5) is 5.69 Å². The molecule has 0 bridgehead atoms. The first kappa shape index (κ1) is 15.7. The van der Waals surface area contributed by atoms with Gasteiger partial charge >= 0.3 is 0 Å². The van der Waals surface area contributed by atoms with Crippen LogP contribution in [0.2, 0.25) is 0 Å². The van der Waals surface area contributed by atoms with Gasteiger partial charge in [0, 0.05) is 36.2 Å². The number of aldehydes is 1. The molecule has 0 saturated heterocycles. The van der Waals surface area contributed by atoms with Gasteiger partial charge in [-0.1, -0.05) is 22.0 Å². The standard InChI is InChI=1S/C8H6BrNO3.C3H8O/c9-7-2-1-6(3-4-11)8(5-7)10(12)13;1-3-4-2/h1-2,4-5H,3H2;3H2,1-2H3. The number of nitro groups is 1. The molecule has 0 amide bonds. The minimum atomic E-state index is -0.496. The molecule has 17 heavy (non-hydrogen) atoms. The van der Waals surface area contributed by atoms with Gasteiger partial charge in [0.05, 0.1) is 4.92 Å². The van der Waals surface area contributed by atoms with Crippen LogP contribution in [0.3, 0.4) is 0 Å². The van der Waals surface area contributed by atoms with Crippen molar-refractivity contribution in [2.75, 3.05) is 13.7 Å². The molecule has 0 saturated carbocycles. The molecule has 5 nitrogen and oxygen atoms in total. The van der Waals surface area contributed by atoms with E-state index in [-0.39, 0.29) is 12.1 Å². The van der Waals surface area contributed by atoms with Gasteiger partial charge in [-0.25, -0.2) is 0 Å². The summed E-state index contributed by atoms with van der Waals surface area (Å²) in [5.74, 6) is 0. The van der Waals surface area contributed by atoms with Crippen LogP contribution in [0, 0.1) is 10.1 Å². The number of hydrogen-bond acceptors (Lipinski definition) is 4. The summed E-state index contributed by atoms with van der Waals surface area (Å²) >= 11 is 3.12. The smallest absolute Gasteiger partial charge is 0.274 e. The Morgan fingerprint density at radius 1 is 1.53 bits per heavy atom. The molecular weight excluding hydrogens is 290 g/mol. The van der Waals surface area contributed by atoms with E-state index in [0.29, 0.717) is 16.3 Å². The van der Waals surface area contributed by atoms with E-state index in [1.165, 1.54) is 6.07 Å². The third-order valence-electron chi connectivity index (χ3n) is 1.84. The number of methoxy groups -OCH3 is 1. The molecule has 94 valence electrons. The van der Waals surface area contributed by atoms with E-state index in [1.807, 2.05) is 6.92 Å². The monoisotopic (exact) mass is 303 g/mol. The molecule has 1 aromatic carbocycles. The first-order chi connectivity index (χ1) is 8.06. The van der Waals surface area contributed by atoms with Crippen molar-refractivity contribution in [2.24, 2.45) is 0 Å². The molecule has 0 spiro atoms. The van der Waals surface area contributed by atoms with E-state index in [9.17, 15) is 14.9 Å². The van der Waals surface area contributed by atoms with Gasteiger partial charge in [0.1, 0.15) is 6.29 Å². The van der Waals surface area contributed by atoms with Crippen LogP contribution < -0.4 is 0 Å². The Bertz CT molecular complexity index is 380. The molecule has 0 unspecified atom stereocenters. The zero-order valence-electron chi connectivity index (χ0n) is 9.68. The Labute approximate surface area is 108 Å². The van der Waals surface area contributed by atoms with Crippen LogP contribution in [0.1, 0.15) is 12.5 Å². The summed E-state index contributed by atoms with van der Waals surface area (Å²) < 4.78 is 5.17. The largest absolute Gasteiger partial charge is 0.385 e. The summed E-state index contributed by atoms with van der Waals surface area (Å²) in [5.41, 5.74) is 0.407. The number of nitro benzene ring substituents is 1. The lowest BCUT2D eigenvalue weighted by molar-refractivity contribution is -0.385. The lowest BCUT2D eigenvalue weighted by Crippen LogP contribution is -1.95. The number of carbonyl (C=O) groups is 1. The minimum absolute atomic E-state index is 0.0264. The van der Waals surface area contributed by atoms with E-state index < -0.39 is 4.92 Å². The van der Waals surface area contributed by atoms with Crippen LogP contribution in [-0.4, -0.2) is 24.9 Å². The van der Waals surface area contributed by atoms with Crippen LogP contribution in [0.5, 0.6) is 0 Å². The number of halogens is 1. The lowest BCUT2D eigenvalue weighted by Gasteiger charge is -1.98. The van der Waals surface area contributed by atoms with Crippen molar-refractivity contribution in [1.29, 1.82) is 0 Å². The Kier molecular flexibility index (Phi) is 8.17. The van der Waals surface area contributed by atoms with Crippen molar-refractivity contribution in [3.63, 3.8) is 0 Å². The summed E-state index contributed by atoms with van der Waals surface area (Å²) in [6.45, 7) is 2.78. The maximum atomic E-state index is 10.5. The molecule has 0 atom stereocenters. The predicted molar refractivity (Wildman–Crippen MR) is 68.1 cm³/mol. The molecule has 0 aliphatic rings. The topological polar surface area (TPSA) is 69.4 Å². The number of ether oxygens (including phenoxy) is 1. The Hall–Kier alpha value is -1.27. The average molecular weight is 304 g/mol. The molecule has 0 radical (unpaired) electrons. The van der Waals surface area contributed by atoms with Crippen LogP contribution in [0.25, 0.3) is 0 Å². The van der Waals surface area contributed by atoms with Crippen molar-refractivity contribution < 1.29 is 14.5 Å². The van der Waals surface area contributed by atoms with E-state index >= 15 is 0 Å². The second-order valence-corrected chi connectivity index (χ2v) is 3.89. The van der Waals surface area contributed by atoms with Gasteiger partial charge in [-0.15, -0.1) is 0 Å². The van der Waals surface area contributed by atoms with Crippen molar-refractivity contribution in [2.45, 2.75) is 13.3 Å². The zero-order chi connectivity index (χ0) is 13.3. The number of hydrogen-bond donors (Lipinski definition) is 0. The third kappa shape index (κ3) is 6.13. The maximum Gasteiger partial charge on any atom is 0.274 e. The van der Waals surface area contributed by atoms with Gasteiger partial charge < -0.3 is 9.53 Å². The molecule has 1 aromatic rings. The molecule has 0 N–H and O–H groups in total. The van der Waals surface area contributed by atoms with Crippen molar-refractivity contribution in [1.82, 2.24) is 0 Å². The second kappa shape index (κ2) is 8.83. The fourth-order valence-corrected chi connectivity index (χ4v) is 1.32. The van der Waals surface area contributed by atoms with Gasteiger partial charge in [0.25, 0.3) is 5.69 Å². The van der Waals surface area contributed by atoms with Gasteiger partial charge in [-0.3, -0.25) is 10.1 Å². The highest BCUT2D eigenvalue weighted by Gasteiger charge is 2.12. The van der Waals surface area contributed by atoms with Crippen LogP contribution in [0.15, 0.2) is 22.7 Å². The normalized spacial score (nSPS) is 9.12. The predicted octanol–water partition coefficient (Wildman–Crippen LogP) is 2.75. The van der Waals surface area contributed by atoms with Crippen molar-refractivity contribution in [3.05, 3.63) is 38.3 Å². The number of carbonyl (C=O) groups excluding carboxylic acids is 1. The molecule has 0 heterocycles. The SMILES string of the molecule is CCOC.O=CCc1ccc(Br)cc1[N+](=O)[O-]. The van der Waals surface area contributed by atoms with E-state index in [1.54, 1.807) is 19.2 Å². The van der Waals surface area contributed by atoms with Gasteiger partial charge in [0.15, 0.2) is 0 Å². The summed E-state index contributed by atoms with van der Waals surface area (Å²) in [5, 5.41) is 10.5. The van der Waals surface area contributed by atoms with Crippen LogP contribution in [-0.2, 0) is 16.0 Å². The maximum absolute atomic E-state index is 10.5. The summed E-state index contributed by atoms with van der Waals surface area (Å²) in [6.07, 6.45) is 0.722. The van der Waals surface area contributed by atoms with Crippen molar-refractivity contribution >= 4 is 27.9 Å². The minimum Gasteiger partial charge on any atom is -0.385 e. The summed E-state index contributed by atoms with van der Waals surface area (Å²) in [4.78, 5) is 20.2. The molecule has 0 aliphatic carbocycles. The Morgan fingerprint density at radius 2 is 2.12 bits per heavy atom. The average Bonchev–Trinajstić information content (AvgIpc) is 2.32. The molecule has 0 aromatic heterocycles. The van der Waals surface area contributed by atoms with E-state index in [2.05, 4.69) is 20.7 Å². The molecule has 0 aliphatic heterocycles. The van der Waals surface area contributed by atoms with Crippen LogP contribution >= 0.6 is 15.9 Å². The molecular formula is C11H14BrNO4. The van der Waals surface area contributed by atoms with Crippen molar-refractivity contribution in [3.8, 4) is 0 Å². The molecule has 0 fully saturated rings. The quantitative estimate of drug-likeness (QED) is 0.487. The number of nitrogens with zero attached hydrogens (tertiary/aromatic N) is 1. The Morgan fingerprint density at radius 3 is 2.53 bits per heavy atom. The second-order valence-electron chi connectivity index (χ2n) is 2.98. The molecule has 6 heteroatoms. The van der Waals surface area contributed by atoms with Gasteiger partial charge in [0.2, 0.25) is 0 Å². The first-order valence-corrected chi connectivity index (χ1v) is 5.71. The Balaban J connectivity index is 0.000000557. The fraction of sp³-hybridized carbons (Fsp3) is 0.364. The van der Waals surface area contributed by atoms with Gasteiger partial charge in [-0.05, 0) is 13.0 Å². The highest BCUT2D eigenvalue weighted by atomic mass is 79.9. The van der Waals surface area contributed by atoms with E-state index in [4.69, 9.17) is 0 Å². The third-order valence-corrected chi connectivity index (χ3v) is 2.33. The first-order valence-electron chi connectivity index (χ1n) is 4.92.